The van der Waals surface area contributed by atoms with Crippen molar-refractivity contribution in [3.63, 3.8) is 0 Å². The standard InChI is InChI=1S/C19H22O4/c1-20-16-7-5-12(9-18(16)22-3)14-11-15(14)13-6-8-17(21-2)19(10-13)23-4/h5-10,14-15H,11H2,1-4H3/t14-,15-/m0/s1. The van der Waals surface area contributed by atoms with E-state index in [1.807, 2.05) is 12.1 Å². The maximum atomic E-state index is 5.40. The van der Waals surface area contributed by atoms with Crippen LogP contribution in [0, 0.1) is 0 Å². The molecule has 0 saturated heterocycles. The molecular weight excluding hydrogens is 292 g/mol. The first-order valence-corrected chi connectivity index (χ1v) is 7.65. The maximum Gasteiger partial charge on any atom is 0.160 e. The van der Waals surface area contributed by atoms with E-state index in [1.165, 1.54) is 11.1 Å². The van der Waals surface area contributed by atoms with Crippen LogP contribution in [0.4, 0.5) is 0 Å². The predicted molar refractivity (Wildman–Crippen MR) is 89.2 cm³/mol. The molecule has 1 fully saturated rings. The molecule has 0 spiro atoms. The third-order valence-corrected chi connectivity index (χ3v) is 4.46. The van der Waals surface area contributed by atoms with Gasteiger partial charge in [0.1, 0.15) is 0 Å². The van der Waals surface area contributed by atoms with Crippen LogP contribution in [0.1, 0.15) is 29.4 Å². The zero-order valence-electron chi connectivity index (χ0n) is 14.0. The average Bonchev–Trinajstić information content (AvgIpc) is 3.41. The van der Waals surface area contributed by atoms with Gasteiger partial charge in [0.2, 0.25) is 0 Å². The van der Waals surface area contributed by atoms with Crippen LogP contribution in [0.15, 0.2) is 36.4 Å². The van der Waals surface area contributed by atoms with Crippen molar-refractivity contribution in [1.82, 2.24) is 0 Å². The Balaban J connectivity index is 1.82. The lowest BCUT2D eigenvalue weighted by molar-refractivity contribution is 0.354. The van der Waals surface area contributed by atoms with Crippen LogP contribution in [0.25, 0.3) is 0 Å². The molecule has 122 valence electrons. The van der Waals surface area contributed by atoms with E-state index in [2.05, 4.69) is 24.3 Å². The SMILES string of the molecule is COc1ccc([C@@H]2C[C@H]2c2ccc(OC)c(OC)c2)cc1OC. The van der Waals surface area contributed by atoms with Crippen LogP contribution < -0.4 is 18.9 Å². The third kappa shape index (κ3) is 2.93. The minimum Gasteiger partial charge on any atom is -0.493 e. The Morgan fingerprint density at radius 1 is 0.609 bits per heavy atom. The van der Waals surface area contributed by atoms with Crippen LogP contribution in [0.2, 0.25) is 0 Å². The number of hydrogen-bond donors (Lipinski definition) is 0. The van der Waals surface area contributed by atoms with E-state index >= 15 is 0 Å². The molecule has 2 atom stereocenters. The first-order chi connectivity index (χ1) is 11.2. The van der Waals surface area contributed by atoms with Crippen molar-refractivity contribution < 1.29 is 18.9 Å². The lowest BCUT2D eigenvalue weighted by Crippen LogP contribution is -1.94. The van der Waals surface area contributed by atoms with Crippen LogP contribution in [-0.4, -0.2) is 28.4 Å². The molecule has 2 aromatic carbocycles. The molecule has 0 radical (unpaired) electrons. The van der Waals surface area contributed by atoms with Crippen LogP contribution in [-0.2, 0) is 0 Å². The van der Waals surface area contributed by atoms with Gasteiger partial charge in [0, 0.05) is 0 Å². The lowest BCUT2D eigenvalue weighted by atomic mass is 10.0. The summed E-state index contributed by atoms with van der Waals surface area (Å²) in [6, 6.07) is 12.3. The van der Waals surface area contributed by atoms with Gasteiger partial charge in [-0.1, -0.05) is 12.1 Å². The van der Waals surface area contributed by atoms with E-state index in [0.29, 0.717) is 11.8 Å². The molecule has 4 nitrogen and oxygen atoms in total. The fourth-order valence-corrected chi connectivity index (χ4v) is 3.10. The van der Waals surface area contributed by atoms with Gasteiger partial charge in [-0.05, 0) is 53.6 Å². The Morgan fingerprint density at radius 3 is 1.35 bits per heavy atom. The minimum atomic E-state index is 0.507. The fraction of sp³-hybridized carbons (Fsp3) is 0.368. The van der Waals surface area contributed by atoms with Crippen molar-refractivity contribution in [3.8, 4) is 23.0 Å². The van der Waals surface area contributed by atoms with E-state index in [4.69, 9.17) is 18.9 Å². The molecule has 0 N–H and O–H groups in total. The van der Waals surface area contributed by atoms with Crippen molar-refractivity contribution in [2.24, 2.45) is 0 Å². The molecular formula is C19H22O4. The minimum absolute atomic E-state index is 0.507. The van der Waals surface area contributed by atoms with E-state index in [9.17, 15) is 0 Å². The van der Waals surface area contributed by atoms with Gasteiger partial charge in [0.15, 0.2) is 23.0 Å². The second-order valence-electron chi connectivity index (χ2n) is 5.68. The zero-order valence-corrected chi connectivity index (χ0v) is 14.0. The van der Waals surface area contributed by atoms with Gasteiger partial charge in [-0.15, -0.1) is 0 Å². The fourth-order valence-electron chi connectivity index (χ4n) is 3.10. The normalized spacial score (nSPS) is 19.1. The van der Waals surface area contributed by atoms with Gasteiger partial charge in [-0.2, -0.15) is 0 Å². The molecule has 2 aromatic rings. The second-order valence-corrected chi connectivity index (χ2v) is 5.68. The van der Waals surface area contributed by atoms with Gasteiger partial charge in [-0.3, -0.25) is 0 Å². The molecule has 4 heteroatoms. The van der Waals surface area contributed by atoms with Gasteiger partial charge < -0.3 is 18.9 Å². The molecule has 0 amide bonds. The summed E-state index contributed by atoms with van der Waals surface area (Å²) in [5, 5.41) is 0. The number of ether oxygens (including phenoxy) is 4. The average molecular weight is 314 g/mol. The largest absolute Gasteiger partial charge is 0.493 e. The summed E-state index contributed by atoms with van der Waals surface area (Å²) in [4.78, 5) is 0. The van der Waals surface area contributed by atoms with E-state index in [-0.39, 0.29) is 0 Å². The summed E-state index contributed by atoms with van der Waals surface area (Å²) in [5.41, 5.74) is 2.56. The monoisotopic (exact) mass is 314 g/mol. The molecule has 1 saturated carbocycles. The van der Waals surface area contributed by atoms with Gasteiger partial charge in [0.25, 0.3) is 0 Å². The molecule has 0 bridgehead atoms. The third-order valence-electron chi connectivity index (χ3n) is 4.46. The Morgan fingerprint density at radius 2 is 1.00 bits per heavy atom. The number of benzene rings is 2. The van der Waals surface area contributed by atoms with Gasteiger partial charge >= 0.3 is 0 Å². The van der Waals surface area contributed by atoms with E-state index in [1.54, 1.807) is 28.4 Å². The Kier molecular flexibility index (Phi) is 4.33. The van der Waals surface area contributed by atoms with Crippen LogP contribution in [0.5, 0.6) is 23.0 Å². The summed E-state index contributed by atoms with van der Waals surface area (Å²) in [6.45, 7) is 0. The highest BCUT2D eigenvalue weighted by atomic mass is 16.5. The molecule has 23 heavy (non-hydrogen) atoms. The summed E-state index contributed by atoms with van der Waals surface area (Å²) < 4.78 is 21.4. The van der Waals surface area contributed by atoms with Crippen LogP contribution in [0.3, 0.4) is 0 Å². The zero-order chi connectivity index (χ0) is 16.4. The number of methoxy groups -OCH3 is 4. The van der Waals surface area contributed by atoms with Crippen molar-refractivity contribution in [3.05, 3.63) is 47.5 Å². The van der Waals surface area contributed by atoms with Crippen LogP contribution >= 0.6 is 0 Å². The van der Waals surface area contributed by atoms with Crippen molar-refractivity contribution in [2.45, 2.75) is 18.3 Å². The summed E-state index contributed by atoms with van der Waals surface area (Å²) in [7, 11) is 6.64. The van der Waals surface area contributed by atoms with Crippen molar-refractivity contribution >= 4 is 0 Å². The Bertz CT molecular complexity index is 636. The summed E-state index contributed by atoms with van der Waals surface area (Å²) in [5.74, 6) is 4.10. The van der Waals surface area contributed by atoms with Crippen molar-refractivity contribution in [2.75, 3.05) is 28.4 Å². The Labute approximate surface area is 136 Å². The van der Waals surface area contributed by atoms with E-state index in [0.717, 1.165) is 29.4 Å². The van der Waals surface area contributed by atoms with Crippen molar-refractivity contribution in [1.29, 1.82) is 0 Å². The smallest absolute Gasteiger partial charge is 0.160 e. The molecule has 0 aromatic heterocycles. The predicted octanol–water partition coefficient (Wildman–Crippen LogP) is 3.99. The maximum absolute atomic E-state index is 5.40. The highest BCUT2D eigenvalue weighted by molar-refractivity contribution is 5.49. The highest BCUT2D eigenvalue weighted by Crippen LogP contribution is 2.56. The molecule has 1 aliphatic carbocycles. The topological polar surface area (TPSA) is 36.9 Å². The molecule has 0 heterocycles. The molecule has 1 aliphatic rings. The van der Waals surface area contributed by atoms with Gasteiger partial charge in [0.05, 0.1) is 28.4 Å². The summed E-state index contributed by atoms with van der Waals surface area (Å²) in [6.07, 6.45) is 1.13. The summed E-state index contributed by atoms with van der Waals surface area (Å²) >= 11 is 0. The quantitative estimate of drug-likeness (QED) is 0.808. The highest BCUT2D eigenvalue weighted by Gasteiger charge is 2.40. The number of rotatable bonds is 6. The molecule has 0 unspecified atom stereocenters. The molecule has 0 aliphatic heterocycles. The van der Waals surface area contributed by atoms with E-state index < -0.39 is 0 Å². The Hall–Kier alpha value is -2.36. The van der Waals surface area contributed by atoms with Gasteiger partial charge in [-0.25, -0.2) is 0 Å². The second kappa shape index (κ2) is 6.41. The first kappa shape index (κ1) is 15.5. The first-order valence-electron chi connectivity index (χ1n) is 7.65. The lowest BCUT2D eigenvalue weighted by Gasteiger charge is -2.11. The molecule has 3 rings (SSSR count). The number of hydrogen-bond acceptors (Lipinski definition) is 4.